The normalized spacial score (nSPS) is 12.2. The summed E-state index contributed by atoms with van der Waals surface area (Å²) in [7, 11) is 0. The molecule has 3 aromatic rings. The number of hydrogen-bond acceptors (Lipinski definition) is 5. The highest BCUT2D eigenvalue weighted by molar-refractivity contribution is 8.00. The van der Waals surface area contributed by atoms with Crippen LogP contribution in [0.5, 0.6) is 0 Å². The maximum absolute atomic E-state index is 12.7. The molecule has 0 saturated heterocycles. The summed E-state index contributed by atoms with van der Waals surface area (Å²) in [4.78, 5) is 12.7. The van der Waals surface area contributed by atoms with Crippen molar-refractivity contribution < 1.29 is 4.79 Å². The van der Waals surface area contributed by atoms with E-state index in [1.54, 1.807) is 4.68 Å². The first kappa shape index (κ1) is 17.4. The minimum atomic E-state index is -0.281. The highest BCUT2D eigenvalue weighted by Crippen LogP contribution is 2.27. The Hall–Kier alpha value is -2.47. The number of para-hydroxylation sites is 1. The van der Waals surface area contributed by atoms with E-state index < -0.39 is 0 Å². The van der Waals surface area contributed by atoms with Crippen LogP contribution in [-0.2, 0) is 0 Å². The number of carbonyl (C=O) groups is 1. The van der Waals surface area contributed by atoms with Crippen molar-refractivity contribution in [2.45, 2.75) is 38.1 Å². The van der Waals surface area contributed by atoms with E-state index in [0.717, 1.165) is 22.4 Å². The number of nitrogens with zero attached hydrogens (tertiary/aromatic N) is 4. The first-order valence-corrected chi connectivity index (χ1v) is 8.98. The van der Waals surface area contributed by atoms with Crippen LogP contribution in [0.15, 0.2) is 47.6 Å². The van der Waals surface area contributed by atoms with Crippen LogP contribution in [0.4, 0.5) is 0 Å². The molecule has 3 rings (SSSR count). The summed E-state index contributed by atoms with van der Waals surface area (Å²) in [6.07, 6.45) is 0. The quantitative estimate of drug-likeness (QED) is 0.514. The average Bonchev–Trinajstić information content (AvgIpc) is 3.02. The van der Waals surface area contributed by atoms with Gasteiger partial charge in [0, 0.05) is 5.56 Å². The Morgan fingerprint density at radius 2 is 1.68 bits per heavy atom. The molecule has 0 amide bonds. The number of aromatic nitrogens is 4. The molecule has 0 radical (unpaired) electrons. The highest BCUT2D eigenvalue weighted by atomic mass is 32.2. The summed E-state index contributed by atoms with van der Waals surface area (Å²) in [5.41, 5.74) is 4.98. The van der Waals surface area contributed by atoms with Crippen molar-refractivity contribution in [2.75, 3.05) is 0 Å². The number of carbonyl (C=O) groups excluding carboxylic acids is 1. The average molecular weight is 352 g/mol. The molecule has 0 fully saturated rings. The molecule has 0 bridgehead atoms. The van der Waals surface area contributed by atoms with Crippen LogP contribution in [0.2, 0.25) is 0 Å². The van der Waals surface area contributed by atoms with Crippen molar-refractivity contribution in [3.63, 3.8) is 0 Å². The molecule has 2 aromatic carbocycles. The molecule has 0 spiro atoms. The van der Waals surface area contributed by atoms with Crippen LogP contribution in [-0.4, -0.2) is 31.2 Å². The van der Waals surface area contributed by atoms with E-state index in [2.05, 4.69) is 15.5 Å². The fourth-order valence-electron chi connectivity index (χ4n) is 2.70. The Bertz CT molecular complexity index is 882. The van der Waals surface area contributed by atoms with Crippen LogP contribution in [0.1, 0.15) is 34.0 Å². The third kappa shape index (κ3) is 3.64. The van der Waals surface area contributed by atoms with Crippen molar-refractivity contribution in [1.29, 1.82) is 0 Å². The van der Waals surface area contributed by atoms with Gasteiger partial charge in [-0.3, -0.25) is 4.79 Å². The van der Waals surface area contributed by atoms with Gasteiger partial charge in [0.1, 0.15) is 0 Å². The van der Waals surface area contributed by atoms with E-state index in [1.807, 2.05) is 70.2 Å². The number of benzene rings is 2. The third-order valence-corrected chi connectivity index (χ3v) is 5.11. The van der Waals surface area contributed by atoms with Gasteiger partial charge in [-0.05, 0) is 49.2 Å². The van der Waals surface area contributed by atoms with Crippen LogP contribution in [0, 0.1) is 20.8 Å². The second-order valence-corrected chi connectivity index (χ2v) is 7.41. The first-order valence-electron chi connectivity index (χ1n) is 8.10. The summed E-state index contributed by atoms with van der Waals surface area (Å²) in [6, 6.07) is 13.7. The summed E-state index contributed by atoms with van der Waals surface area (Å²) in [5.74, 6) is 0.0704. The number of thioether (sulfide) groups is 1. The molecule has 128 valence electrons. The maximum Gasteiger partial charge on any atom is 0.214 e. The maximum atomic E-state index is 12.7. The Morgan fingerprint density at radius 1 is 1.04 bits per heavy atom. The minimum Gasteiger partial charge on any atom is -0.293 e. The molecule has 0 aliphatic rings. The van der Waals surface area contributed by atoms with Gasteiger partial charge in [0.15, 0.2) is 5.78 Å². The fourth-order valence-corrected chi connectivity index (χ4v) is 3.57. The lowest BCUT2D eigenvalue weighted by molar-refractivity contribution is 0.0994. The second kappa shape index (κ2) is 7.19. The molecular formula is C19H20N4OS. The van der Waals surface area contributed by atoms with E-state index in [0.29, 0.717) is 10.7 Å². The molecule has 6 heteroatoms. The Labute approximate surface area is 151 Å². The van der Waals surface area contributed by atoms with Gasteiger partial charge in [0.05, 0.1) is 10.9 Å². The molecule has 0 aliphatic carbocycles. The Kier molecular flexibility index (Phi) is 4.99. The zero-order valence-corrected chi connectivity index (χ0v) is 15.5. The number of aryl methyl sites for hydroxylation is 3. The van der Waals surface area contributed by atoms with Gasteiger partial charge >= 0.3 is 0 Å². The molecule has 1 aromatic heterocycles. The van der Waals surface area contributed by atoms with Crippen molar-refractivity contribution >= 4 is 17.5 Å². The first-order chi connectivity index (χ1) is 12.0. The van der Waals surface area contributed by atoms with Gasteiger partial charge in [-0.1, -0.05) is 59.8 Å². The molecule has 0 N–H and O–H groups in total. The van der Waals surface area contributed by atoms with Gasteiger partial charge < -0.3 is 0 Å². The van der Waals surface area contributed by atoms with Crippen LogP contribution < -0.4 is 0 Å². The lowest BCUT2D eigenvalue weighted by atomic mass is 10.1. The van der Waals surface area contributed by atoms with Crippen LogP contribution >= 0.6 is 11.8 Å². The SMILES string of the molecule is Cc1ccc(C(=O)[C@H](C)Sc2nnnn2-c2c(C)cccc2C)cc1. The van der Waals surface area contributed by atoms with Gasteiger partial charge in [0.2, 0.25) is 5.16 Å². The summed E-state index contributed by atoms with van der Waals surface area (Å²) in [6.45, 7) is 7.94. The van der Waals surface area contributed by atoms with Crippen molar-refractivity contribution in [3.05, 3.63) is 64.7 Å². The largest absolute Gasteiger partial charge is 0.293 e. The smallest absolute Gasteiger partial charge is 0.214 e. The van der Waals surface area contributed by atoms with Crippen molar-refractivity contribution in [1.82, 2.24) is 20.2 Å². The number of Topliss-reactive ketones (excluding diaryl/α,β-unsaturated/α-hetero) is 1. The van der Waals surface area contributed by atoms with Gasteiger partial charge in [0.25, 0.3) is 0 Å². The third-order valence-electron chi connectivity index (χ3n) is 4.08. The molecule has 1 heterocycles. The Balaban J connectivity index is 1.86. The second-order valence-electron chi connectivity index (χ2n) is 6.10. The fraction of sp³-hybridized carbons (Fsp3) is 0.263. The van der Waals surface area contributed by atoms with E-state index in [1.165, 1.54) is 11.8 Å². The predicted molar refractivity (Wildman–Crippen MR) is 99.5 cm³/mol. The molecular weight excluding hydrogens is 332 g/mol. The number of tetrazole rings is 1. The number of hydrogen-bond donors (Lipinski definition) is 0. The van der Waals surface area contributed by atoms with E-state index in [9.17, 15) is 4.79 Å². The molecule has 0 unspecified atom stereocenters. The zero-order valence-electron chi connectivity index (χ0n) is 14.7. The van der Waals surface area contributed by atoms with E-state index in [4.69, 9.17) is 0 Å². The molecule has 0 saturated carbocycles. The minimum absolute atomic E-state index is 0.0704. The standard InChI is InChI=1S/C19H20N4OS/c1-12-8-10-16(11-9-12)18(24)15(4)25-19-20-21-22-23(19)17-13(2)6-5-7-14(17)3/h5-11,15H,1-4H3/t15-/m0/s1. The Morgan fingerprint density at radius 3 is 2.32 bits per heavy atom. The van der Waals surface area contributed by atoms with Crippen molar-refractivity contribution in [3.8, 4) is 5.69 Å². The lowest BCUT2D eigenvalue weighted by Crippen LogP contribution is -2.15. The summed E-state index contributed by atoms with van der Waals surface area (Å²) >= 11 is 1.37. The molecule has 0 aliphatic heterocycles. The summed E-state index contributed by atoms with van der Waals surface area (Å²) < 4.78 is 1.72. The topological polar surface area (TPSA) is 60.7 Å². The van der Waals surface area contributed by atoms with Gasteiger partial charge in [-0.15, -0.1) is 5.10 Å². The highest BCUT2D eigenvalue weighted by Gasteiger charge is 2.21. The van der Waals surface area contributed by atoms with Crippen molar-refractivity contribution in [2.24, 2.45) is 0 Å². The summed E-state index contributed by atoms with van der Waals surface area (Å²) in [5, 5.41) is 12.4. The molecule has 25 heavy (non-hydrogen) atoms. The zero-order chi connectivity index (χ0) is 18.0. The van der Waals surface area contributed by atoms with Crippen LogP contribution in [0.25, 0.3) is 5.69 Å². The van der Waals surface area contributed by atoms with Crippen LogP contribution in [0.3, 0.4) is 0 Å². The van der Waals surface area contributed by atoms with Gasteiger partial charge in [-0.2, -0.15) is 4.68 Å². The van der Waals surface area contributed by atoms with E-state index >= 15 is 0 Å². The lowest BCUT2D eigenvalue weighted by Gasteiger charge is -2.13. The number of ketones is 1. The van der Waals surface area contributed by atoms with E-state index in [-0.39, 0.29) is 11.0 Å². The molecule has 5 nitrogen and oxygen atoms in total. The monoisotopic (exact) mass is 352 g/mol. The van der Waals surface area contributed by atoms with Gasteiger partial charge in [-0.25, -0.2) is 0 Å². The molecule has 1 atom stereocenters. The number of rotatable bonds is 5. The predicted octanol–water partition coefficient (Wildman–Crippen LogP) is 3.95.